The number of anilines is 1. The minimum absolute atomic E-state index is 0.197. The van der Waals surface area contributed by atoms with Gasteiger partial charge in [-0.25, -0.2) is 18.8 Å². The van der Waals surface area contributed by atoms with Crippen molar-refractivity contribution in [3.63, 3.8) is 0 Å². The summed E-state index contributed by atoms with van der Waals surface area (Å²) < 4.78 is 18.6. The number of fused-ring (bicyclic) bond motifs is 1. The molecule has 1 atom stereocenters. The van der Waals surface area contributed by atoms with Crippen LogP contribution >= 0.6 is 0 Å². The molecule has 0 aliphatic carbocycles. The maximum atomic E-state index is 13.7. The Bertz CT molecular complexity index is 1600. The average molecular weight is 483 g/mol. The maximum absolute atomic E-state index is 13.7. The van der Waals surface area contributed by atoms with E-state index in [9.17, 15) is 14.3 Å². The summed E-state index contributed by atoms with van der Waals surface area (Å²) in [6.45, 7) is 5.75. The maximum Gasteiger partial charge on any atom is 0.337 e. The Balaban J connectivity index is 1.70. The van der Waals surface area contributed by atoms with Crippen LogP contribution in [0.4, 0.5) is 10.1 Å². The van der Waals surface area contributed by atoms with E-state index in [0.717, 1.165) is 33.2 Å². The van der Waals surface area contributed by atoms with Gasteiger partial charge in [-0.1, -0.05) is 35.5 Å². The monoisotopic (exact) mass is 482 g/mol. The van der Waals surface area contributed by atoms with Crippen LogP contribution in [0.3, 0.4) is 0 Å². The first kappa shape index (κ1) is 23.2. The third-order valence-corrected chi connectivity index (χ3v) is 6.14. The first-order valence-corrected chi connectivity index (χ1v) is 11.4. The quantitative estimate of drug-likeness (QED) is 0.282. The van der Waals surface area contributed by atoms with E-state index >= 15 is 0 Å². The van der Waals surface area contributed by atoms with Crippen molar-refractivity contribution in [3.8, 4) is 22.5 Å². The van der Waals surface area contributed by atoms with Crippen molar-refractivity contribution >= 4 is 22.6 Å². The number of carbonyl (C=O) groups is 1. The van der Waals surface area contributed by atoms with Gasteiger partial charge >= 0.3 is 5.97 Å². The van der Waals surface area contributed by atoms with E-state index in [2.05, 4.69) is 21.7 Å². The highest BCUT2D eigenvalue weighted by Gasteiger charge is 2.21. The van der Waals surface area contributed by atoms with E-state index in [-0.39, 0.29) is 17.4 Å². The molecule has 1 unspecified atom stereocenters. The Morgan fingerprint density at radius 1 is 1.00 bits per heavy atom. The van der Waals surface area contributed by atoms with Gasteiger partial charge in [-0.3, -0.25) is 0 Å². The van der Waals surface area contributed by atoms with Gasteiger partial charge in [-0.05, 0) is 79.0 Å². The second kappa shape index (κ2) is 9.22. The van der Waals surface area contributed by atoms with E-state index in [1.807, 2.05) is 26.0 Å². The summed E-state index contributed by atoms with van der Waals surface area (Å²) in [5.74, 6) is -1.33. The fourth-order valence-electron chi connectivity index (χ4n) is 4.39. The molecule has 0 bridgehead atoms. The van der Waals surface area contributed by atoms with Crippen LogP contribution in [0.5, 0.6) is 0 Å². The zero-order chi connectivity index (χ0) is 25.4. The van der Waals surface area contributed by atoms with Crippen LogP contribution in [0.2, 0.25) is 0 Å². The summed E-state index contributed by atoms with van der Waals surface area (Å²) in [5, 5.41) is 21.8. The molecule has 5 aromatic rings. The summed E-state index contributed by atoms with van der Waals surface area (Å²) in [7, 11) is 0. The molecule has 0 radical (unpaired) electrons. The summed E-state index contributed by atoms with van der Waals surface area (Å²) in [6.07, 6.45) is 0. The van der Waals surface area contributed by atoms with Crippen molar-refractivity contribution in [2.45, 2.75) is 26.8 Å². The standard InChI is InChI=1S/C28H23FN4O3/c1-15-12-21(16(2)30-24-7-5-4-6-20(24)28(34)35)23-14-22(18-8-10-19(29)11-9-18)27(31-25(23)13-15)26-17(3)32-36-33-26/h4-14,16,30H,1-3H3,(H,34,35). The van der Waals surface area contributed by atoms with Gasteiger partial charge in [0.05, 0.1) is 11.1 Å². The molecule has 5 rings (SSSR count). The number of carboxylic acids is 1. The van der Waals surface area contributed by atoms with Crippen molar-refractivity contribution in [3.05, 3.63) is 94.9 Å². The number of nitrogens with one attached hydrogen (secondary N) is 1. The molecular weight excluding hydrogens is 459 g/mol. The Kier molecular flexibility index (Phi) is 5.93. The van der Waals surface area contributed by atoms with Gasteiger partial charge in [0.1, 0.15) is 17.2 Å². The first-order chi connectivity index (χ1) is 17.3. The second-order valence-electron chi connectivity index (χ2n) is 8.73. The number of pyridine rings is 1. The number of hydrogen-bond acceptors (Lipinski definition) is 6. The van der Waals surface area contributed by atoms with Gasteiger partial charge in [0, 0.05) is 22.7 Å². The first-order valence-electron chi connectivity index (χ1n) is 11.4. The second-order valence-corrected chi connectivity index (χ2v) is 8.73. The van der Waals surface area contributed by atoms with Crippen LogP contribution in [-0.2, 0) is 0 Å². The van der Waals surface area contributed by atoms with Crippen LogP contribution in [-0.4, -0.2) is 26.4 Å². The number of carboxylic acid groups (broad SMARTS) is 1. The molecule has 0 amide bonds. The van der Waals surface area contributed by atoms with Crippen molar-refractivity contribution in [1.29, 1.82) is 0 Å². The summed E-state index contributed by atoms with van der Waals surface area (Å²) in [6, 6.07) is 18.8. The van der Waals surface area contributed by atoms with Gasteiger partial charge < -0.3 is 10.4 Å². The third-order valence-electron chi connectivity index (χ3n) is 6.14. The summed E-state index contributed by atoms with van der Waals surface area (Å²) in [5.41, 5.74) is 6.63. The molecule has 2 aromatic heterocycles. The lowest BCUT2D eigenvalue weighted by molar-refractivity contribution is 0.0698. The molecule has 180 valence electrons. The number of aromatic carboxylic acids is 1. The zero-order valence-corrected chi connectivity index (χ0v) is 19.9. The Hall–Kier alpha value is -4.59. The molecule has 36 heavy (non-hydrogen) atoms. The third kappa shape index (κ3) is 4.29. The number of hydrogen-bond donors (Lipinski definition) is 2. The minimum Gasteiger partial charge on any atom is -0.478 e. The predicted octanol–water partition coefficient (Wildman–Crippen LogP) is 6.58. The highest BCUT2D eigenvalue weighted by molar-refractivity contribution is 5.95. The minimum atomic E-state index is -0.999. The van der Waals surface area contributed by atoms with Gasteiger partial charge in [-0.2, -0.15) is 0 Å². The van der Waals surface area contributed by atoms with E-state index < -0.39 is 5.97 Å². The largest absolute Gasteiger partial charge is 0.478 e. The molecule has 0 aliphatic heterocycles. The van der Waals surface area contributed by atoms with Crippen molar-refractivity contribution in [2.24, 2.45) is 0 Å². The van der Waals surface area contributed by atoms with Crippen molar-refractivity contribution in [2.75, 3.05) is 5.32 Å². The van der Waals surface area contributed by atoms with Crippen molar-refractivity contribution in [1.82, 2.24) is 15.3 Å². The van der Waals surface area contributed by atoms with Gasteiger partial charge in [-0.15, -0.1) is 0 Å². The SMILES string of the molecule is Cc1cc(C(C)Nc2ccccc2C(=O)O)c2cc(-c3ccc(F)cc3)c(-c3nonc3C)nc2c1. The van der Waals surface area contributed by atoms with E-state index in [1.165, 1.54) is 12.1 Å². The fraction of sp³-hybridized carbons (Fsp3) is 0.143. The van der Waals surface area contributed by atoms with Gasteiger partial charge in [0.25, 0.3) is 0 Å². The van der Waals surface area contributed by atoms with Crippen LogP contribution in [0.15, 0.2) is 71.4 Å². The molecule has 0 aliphatic rings. The highest BCUT2D eigenvalue weighted by Crippen LogP contribution is 2.37. The van der Waals surface area contributed by atoms with E-state index in [1.54, 1.807) is 43.3 Å². The lowest BCUT2D eigenvalue weighted by Gasteiger charge is -2.21. The van der Waals surface area contributed by atoms with Gasteiger partial charge in [0.15, 0.2) is 5.69 Å². The van der Waals surface area contributed by atoms with Crippen LogP contribution < -0.4 is 5.32 Å². The smallest absolute Gasteiger partial charge is 0.337 e. The van der Waals surface area contributed by atoms with Gasteiger partial charge in [0.2, 0.25) is 0 Å². The Labute approximate surface area is 206 Å². The molecule has 0 fully saturated rings. The van der Waals surface area contributed by atoms with Crippen LogP contribution in [0, 0.1) is 19.7 Å². The van der Waals surface area contributed by atoms with Crippen LogP contribution in [0.1, 0.15) is 40.1 Å². The lowest BCUT2D eigenvalue weighted by Crippen LogP contribution is -2.11. The number of benzene rings is 3. The number of rotatable bonds is 6. The Morgan fingerprint density at radius 3 is 2.44 bits per heavy atom. The predicted molar refractivity (Wildman–Crippen MR) is 135 cm³/mol. The van der Waals surface area contributed by atoms with E-state index in [4.69, 9.17) is 9.61 Å². The molecular formula is C28H23FN4O3. The molecule has 0 saturated carbocycles. The molecule has 2 N–H and O–H groups in total. The van der Waals surface area contributed by atoms with Crippen molar-refractivity contribution < 1.29 is 18.9 Å². The van der Waals surface area contributed by atoms with Crippen LogP contribution in [0.25, 0.3) is 33.4 Å². The van der Waals surface area contributed by atoms with E-state index in [0.29, 0.717) is 22.8 Å². The molecule has 2 heterocycles. The highest BCUT2D eigenvalue weighted by atomic mass is 19.1. The average Bonchev–Trinajstić information content (AvgIpc) is 3.29. The lowest BCUT2D eigenvalue weighted by atomic mass is 9.94. The number of aromatic nitrogens is 3. The number of halogens is 1. The molecule has 3 aromatic carbocycles. The number of para-hydroxylation sites is 1. The summed E-state index contributed by atoms with van der Waals surface area (Å²) in [4.78, 5) is 16.7. The fourth-order valence-corrected chi connectivity index (χ4v) is 4.39. The Morgan fingerprint density at radius 2 is 1.75 bits per heavy atom. The zero-order valence-electron chi connectivity index (χ0n) is 19.9. The molecule has 8 heteroatoms. The molecule has 7 nitrogen and oxygen atoms in total. The number of nitrogens with zero attached hydrogens (tertiary/aromatic N) is 3. The molecule has 0 saturated heterocycles. The molecule has 0 spiro atoms. The summed E-state index contributed by atoms with van der Waals surface area (Å²) >= 11 is 0. The topological polar surface area (TPSA) is 101 Å². The normalized spacial score (nSPS) is 12.0. The number of aryl methyl sites for hydroxylation is 2.